The van der Waals surface area contributed by atoms with Gasteiger partial charge in [0.1, 0.15) is 5.75 Å². The molecular weight excluding hydrogens is 370 g/mol. The van der Waals surface area contributed by atoms with Gasteiger partial charge in [0, 0.05) is 15.5 Å². The largest absolute Gasteiger partial charge is 0.495 e. The van der Waals surface area contributed by atoms with Gasteiger partial charge in [-0.2, -0.15) is 0 Å². The van der Waals surface area contributed by atoms with E-state index in [0.29, 0.717) is 5.02 Å². The van der Waals surface area contributed by atoms with E-state index in [2.05, 4.69) is 51.8 Å². The Labute approximate surface area is 143 Å². The molecule has 1 atom stereocenters. The van der Waals surface area contributed by atoms with Crippen LogP contribution in [0.3, 0.4) is 0 Å². The van der Waals surface area contributed by atoms with Crippen molar-refractivity contribution in [1.29, 1.82) is 0 Å². The minimum absolute atomic E-state index is 0.0193. The van der Waals surface area contributed by atoms with Gasteiger partial charge in [0.2, 0.25) is 0 Å². The van der Waals surface area contributed by atoms with Crippen LogP contribution in [-0.2, 0) is 0 Å². The second-order valence-electron chi connectivity index (χ2n) is 4.50. The first-order valence-electron chi connectivity index (χ1n) is 6.44. The molecule has 0 aromatic heterocycles. The molecule has 0 saturated carbocycles. The molecule has 2 aromatic carbocycles. The number of halogens is 2. The predicted molar refractivity (Wildman–Crippen MR) is 94.8 cm³/mol. The lowest BCUT2D eigenvalue weighted by atomic mass is 9.98. The maximum Gasteiger partial charge on any atom is 0.138 e. The molecule has 0 spiro atoms. The van der Waals surface area contributed by atoms with Crippen LogP contribution in [0, 0.1) is 0 Å². The third kappa shape index (κ3) is 3.75. The van der Waals surface area contributed by atoms with Crippen LogP contribution in [0.25, 0.3) is 0 Å². The summed E-state index contributed by atoms with van der Waals surface area (Å²) in [6, 6.07) is 12.3. The number of ether oxygens (including phenoxy) is 1. The van der Waals surface area contributed by atoms with Gasteiger partial charge in [-0.05, 0) is 59.1 Å². The lowest BCUT2D eigenvalue weighted by molar-refractivity contribution is 0.402. The van der Waals surface area contributed by atoms with Crippen molar-refractivity contribution in [3.8, 4) is 5.75 Å². The van der Waals surface area contributed by atoms with Crippen LogP contribution < -0.4 is 10.1 Å². The molecule has 1 unspecified atom stereocenters. The van der Waals surface area contributed by atoms with Crippen LogP contribution in [0.1, 0.15) is 17.2 Å². The van der Waals surface area contributed by atoms with E-state index in [0.717, 1.165) is 15.8 Å². The molecule has 0 bridgehead atoms. The summed E-state index contributed by atoms with van der Waals surface area (Å²) in [4.78, 5) is 1.24. The summed E-state index contributed by atoms with van der Waals surface area (Å²) in [7, 11) is 3.60. The van der Waals surface area contributed by atoms with E-state index in [-0.39, 0.29) is 6.04 Å². The first-order chi connectivity index (χ1) is 10.1. The quantitative estimate of drug-likeness (QED) is 0.719. The first kappa shape index (κ1) is 16.7. The zero-order chi connectivity index (χ0) is 15.4. The molecule has 0 aliphatic carbocycles. The average molecular weight is 387 g/mol. The monoisotopic (exact) mass is 385 g/mol. The van der Waals surface area contributed by atoms with Gasteiger partial charge in [0.25, 0.3) is 0 Å². The lowest BCUT2D eigenvalue weighted by Gasteiger charge is -2.21. The number of benzene rings is 2. The fourth-order valence-corrected chi connectivity index (χ4v) is 3.71. The molecule has 1 N–H and O–H groups in total. The molecular formula is C16H17BrClNOS. The van der Waals surface area contributed by atoms with E-state index in [9.17, 15) is 0 Å². The second kappa shape index (κ2) is 7.54. The average Bonchev–Trinajstić information content (AvgIpc) is 2.48. The van der Waals surface area contributed by atoms with Crippen molar-refractivity contribution in [3.63, 3.8) is 0 Å². The number of hydrogen-bond acceptors (Lipinski definition) is 3. The highest BCUT2D eigenvalue weighted by molar-refractivity contribution is 9.10. The van der Waals surface area contributed by atoms with Crippen molar-refractivity contribution in [2.24, 2.45) is 0 Å². The molecule has 21 heavy (non-hydrogen) atoms. The fraction of sp³-hybridized carbons (Fsp3) is 0.250. The third-order valence-corrected chi connectivity index (χ3v) is 4.84. The van der Waals surface area contributed by atoms with Crippen molar-refractivity contribution in [3.05, 3.63) is 57.0 Å². The molecule has 0 aliphatic rings. The van der Waals surface area contributed by atoms with Gasteiger partial charge in [-0.1, -0.05) is 23.7 Å². The molecule has 0 heterocycles. The van der Waals surface area contributed by atoms with Crippen LogP contribution in [-0.4, -0.2) is 20.4 Å². The summed E-state index contributed by atoms with van der Waals surface area (Å²) in [5, 5.41) is 4.01. The Balaban J connectivity index is 2.49. The Bertz CT molecular complexity index is 618. The van der Waals surface area contributed by atoms with Gasteiger partial charge in [0.05, 0.1) is 17.6 Å². The fourth-order valence-electron chi connectivity index (χ4n) is 2.31. The second-order valence-corrected chi connectivity index (χ2v) is 6.68. The van der Waals surface area contributed by atoms with Gasteiger partial charge >= 0.3 is 0 Å². The molecule has 2 rings (SSSR count). The zero-order valence-electron chi connectivity index (χ0n) is 12.1. The Kier molecular flexibility index (Phi) is 5.99. The summed E-state index contributed by atoms with van der Waals surface area (Å²) >= 11 is 11.4. The number of methoxy groups -OCH3 is 1. The van der Waals surface area contributed by atoms with Crippen LogP contribution in [0.4, 0.5) is 0 Å². The normalized spacial score (nSPS) is 12.2. The van der Waals surface area contributed by atoms with Crippen LogP contribution in [0.2, 0.25) is 5.02 Å². The highest BCUT2D eigenvalue weighted by Crippen LogP contribution is 2.38. The Morgan fingerprint density at radius 2 is 1.90 bits per heavy atom. The third-order valence-electron chi connectivity index (χ3n) is 3.29. The van der Waals surface area contributed by atoms with Crippen molar-refractivity contribution < 1.29 is 4.74 Å². The van der Waals surface area contributed by atoms with Crippen LogP contribution >= 0.6 is 39.3 Å². The van der Waals surface area contributed by atoms with Crippen LogP contribution in [0.5, 0.6) is 5.75 Å². The topological polar surface area (TPSA) is 21.3 Å². The molecule has 0 amide bonds. The molecule has 112 valence electrons. The van der Waals surface area contributed by atoms with Crippen molar-refractivity contribution >= 4 is 39.3 Å². The summed E-state index contributed by atoms with van der Waals surface area (Å²) in [6.45, 7) is 0. The first-order valence-corrected chi connectivity index (χ1v) is 8.84. The summed E-state index contributed by atoms with van der Waals surface area (Å²) in [5.41, 5.74) is 2.18. The number of rotatable bonds is 5. The molecule has 0 saturated heterocycles. The minimum Gasteiger partial charge on any atom is -0.495 e. The van der Waals surface area contributed by atoms with Gasteiger partial charge in [-0.25, -0.2) is 0 Å². The van der Waals surface area contributed by atoms with Gasteiger partial charge in [-0.15, -0.1) is 11.8 Å². The van der Waals surface area contributed by atoms with Crippen molar-refractivity contribution in [1.82, 2.24) is 5.32 Å². The number of thioether (sulfide) groups is 1. The smallest absolute Gasteiger partial charge is 0.138 e. The predicted octanol–water partition coefficient (Wildman–Crippen LogP) is 5.14. The number of nitrogens with one attached hydrogen (secondary N) is 1. The number of hydrogen-bond donors (Lipinski definition) is 1. The van der Waals surface area contributed by atoms with E-state index in [1.807, 2.05) is 19.2 Å². The van der Waals surface area contributed by atoms with Crippen molar-refractivity contribution in [2.45, 2.75) is 10.9 Å². The van der Waals surface area contributed by atoms with E-state index >= 15 is 0 Å². The molecule has 0 radical (unpaired) electrons. The van der Waals surface area contributed by atoms with E-state index in [4.69, 9.17) is 16.3 Å². The highest BCUT2D eigenvalue weighted by Gasteiger charge is 2.19. The minimum atomic E-state index is 0.0193. The maximum atomic E-state index is 6.20. The van der Waals surface area contributed by atoms with E-state index < -0.39 is 0 Å². The molecule has 0 aliphatic heterocycles. The molecule has 5 heteroatoms. The maximum absolute atomic E-state index is 6.20. The van der Waals surface area contributed by atoms with Gasteiger partial charge in [0.15, 0.2) is 0 Å². The summed E-state index contributed by atoms with van der Waals surface area (Å²) in [6.07, 6.45) is 2.07. The van der Waals surface area contributed by atoms with Crippen LogP contribution in [0.15, 0.2) is 45.8 Å². The zero-order valence-corrected chi connectivity index (χ0v) is 15.3. The van der Waals surface area contributed by atoms with Crippen molar-refractivity contribution in [2.75, 3.05) is 20.4 Å². The SMILES string of the molecule is CNC(c1ccc(SC)cc1)c1cc(Cl)cc(Br)c1OC. The molecule has 0 fully saturated rings. The van der Waals surface area contributed by atoms with Gasteiger partial charge < -0.3 is 10.1 Å². The Morgan fingerprint density at radius 3 is 2.43 bits per heavy atom. The Morgan fingerprint density at radius 1 is 1.24 bits per heavy atom. The summed E-state index contributed by atoms with van der Waals surface area (Å²) < 4.78 is 6.39. The molecule has 2 nitrogen and oxygen atoms in total. The standard InChI is InChI=1S/C16H17BrClNOS/c1-19-15(10-4-6-12(21-3)7-5-10)13-8-11(18)9-14(17)16(13)20-2/h4-9,15,19H,1-3H3. The Hall–Kier alpha value is -0.680. The van der Waals surface area contributed by atoms with Gasteiger partial charge in [-0.3, -0.25) is 0 Å². The summed E-state index contributed by atoms with van der Waals surface area (Å²) in [5.74, 6) is 0.799. The van der Waals surface area contributed by atoms with E-state index in [1.165, 1.54) is 10.5 Å². The van der Waals surface area contributed by atoms with E-state index in [1.54, 1.807) is 18.9 Å². The molecule has 2 aromatic rings. The highest BCUT2D eigenvalue weighted by atomic mass is 79.9. The lowest BCUT2D eigenvalue weighted by Crippen LogP contribution is -2.18.